The standard InChI is InChI=1S/C12H25NO3.C6H10O2/c1-11(2,3)15-9-7-12(4,5)16-8-6-10(13)14;1-3-7-6-2-4-8-5(1)6/h6-9H2,1-5H3,(H2,13,14);5-6H,1-4H2/t;5-,6-/m.1/s1. The lowest BCUT2D eigenvalue weighted by atomic mass is 10.1. The van der Waals surface area contributed by atoms with Gasteiger partial charge in [-0.05, 0) is 53.9 Å². The number of hydrogen-bond donors (Lipinski definition) is 1. The van der Waals surface area contributed by atoms with Gasteiger partial charge in [-0.1, -0.05) is 0 Å². The Morgan fingerprint density at radius 3 is 2.00 bits per heavy atom. The summed E-state index contributed by atoms with van der Waals surface area (Å²) < 4.78 is 21.9. The van der Waals surface area contributed by atoms with Gasteiger partial charge in [0.1, 0.15) is 0 Å². The average Bonchev–Trinajstić information content (AvgIpc) is 2.99. The molecule has 142 valence electrons. The molecule has 0 aromatic carbocycles. The molecule has 24 heavy (non-hydrogen) atoms. The second-order valence-corrected chi connectivity index (χ2v) is 7.93. The van der Waals surface area contributed by atoms with Gasteiger partial charge in [0.15, 0.2) is 0 Å². The molecule has 2 aliphatic heterocycles. The highest BCUT2D eigenvalue weighted by atomic mass is 16.6. The number of carbonyl (C=O) groups is 1. The summed E-state index contributed by atoms with van der Waals surface area (Å²) in [5, 5.41) is 0. The lowest BCUT2D eigenvalue weighted by molar-refractivity contribution is -0.121. The third kappa shape index (κ3) is 9.57. The molecule has 0 aromatic rings. The molecule has 2 N–H and O–H groups in total. The van der Waals surface area contributed by atoms with E-state index in [0.29, 0.717) is 25.4 Å². The first-order valence-corrected chi connectivity index (χ1v) is 8.88. The number of rotatable bonds is 7. The Bertz CT molecular complexity index is 358. The maximum atomic E-state index is 10.5. The Morgan fingerprint density at radius 1 is 1.00 bits per heavy atom. The Kier molecular flexibility index (Phi) is 8.63. The molecule has 2 heterocycles. The molecule has 1 amide bonds. The summed E-state index contributed by atoms with van der Waals surface area (Å²) in [4.78, 5) is 10.5. The van der Waals surface area contributed by atoms with E-state index in [-0.39, 0.29) is 23.5 Å². The van der Waals surface area contributed by atoms with Crippen LogP contribution < -0.4 is 5.73 Å². The fourth-order valence-corrected chi connectivity index (χ4v) is 2.53. The zero-order valence-electron chi connectivity index (χ0n) is 15.9. The molecule has 0 radical (unpaired) electrons. The van der Waals surface area contributed by atoms with Crippen molar-refractivity contribution >= 4 is 5.91 Å². The predicted octanol–water partition coefficient (Wildman–Crippen LogP) is 2.43. The molecule has 0 bridgehead atoms. The third-order valence-electron chi connectivity index (χ3n) is 3.96. The van der Waals surface area contributed by atoms with E-state index >= 15 is 0 Å². The Hall–Kier alpha value is -0.690. The second-order valence-electron chi connectivity index (χ2n) is 7.93. The van der Waals surface area contributed by atoms with Crippen LogP contribution in [0.1, 0.15) is 60.3 Å². The molecule has 2 atom stereocenters. The largest absolute Gasteiger partial charge is 0.376 e. The fraction of sp³-hybridized carbons (Fsp3) is 0.944. The number of amides is 1. The molecule has 0 aliphatic carbocycles. The summed E-state index contributed by atoms with van der Waals surface area (Å²) in [6.45, 7) is 12.9. The smallest absolute Gasteiger partial charge is 0.219 e. The maximum Gasteiger partial charge on any atom is 0.219 e. The monoisotopic (exact) mass is 345 g/mol. The van der Waals surface area contributed by atoms with E-state index in [9.17, 15) is 4.79 Å². The van der Waals surface area contributed by atoms with E-state index in [0.717, 1.165) is 32.5 Å². The Labute approximate surface area is 146 Å². The predicted molar refractivity (Wildman–Crippen MR) is 92.9 cm³/mol. The van der Waals surface area contributed by atoms with Crippen molar-refractivity contribution in [2.45, 2.75) is 83.7 Å². The van der Waals surface area contributed by atoms with Crippen LogP contribution in [0, 0.1) is 0 Å². The van der Waals surface area contributed by atoms with Gasteiger partial charge < -0.3 is 24.7 Å². The zero-order chi connectivity index (χ0) is 18.2. The van der Waals surface area contributed by atoms with Gasteiger partial charge in [0.05, 0.1) is 30.0 Å². The van der Waals surface area contributed by atoms with Gasteiger partial charge in [-0.3, -0.25) is 4.79 Å². The van der Waals surface area contributed by atoms with Crippen LogP contribution in [0.4, 0.5) is 0 Å². The van der Waals surface area contributed by atoms with Gasteiger partial charge >= 0.3 is 0 Å². The summed E-state index contributed by atoms with van der Waals surface area (Å²) in [5.74, 6) is -0.332. The van der Waals surface area contributed by atoms with E-state index in [2.05, 4.69) is 0 Å². The molecule has 6 heteroatoms. The van der Waals surface area contributed by atoms with E-state index < -0.39 is 0 Å². The Morgan fingerprint density at radius 2 is 1.54 bits per heavy atom. The molecular weight excluding hydrogens is 310 g/mol. The normalized spacial score (nSPS) is 23.5. The summed E-state index contributed by atoms with van der Waals surface area (Å²) >= 11 is 0. The van der Waals surface area contributed by atoms with Crippen LogP contribution in [-0.4, -0.2) is 55.7 Å². The van der Waals surface area contributed by atoms with Crippen molar-refractivity contribution in [3.05, 3.63) is 0 Å². The van der Waals surface area contributed by atoms with Crippen molar-refractivity contribution in [3.63, 3.8) is 0 Å². The van der Waals surface area contributed by atoms with Crippen LogP contribution in [0.25, 0.3) is 0 Å². The number of carbonyl (C=O) groups excluding carboxylic acids is 1. The molecule has 0 aromatic heterocycles. The number of ether oxygens (including phenoxy) is 4. The van der Waals surface area contributed by atoms with Crippen LogP contribution in [0.3, 0.4) is 0 Å². The van der Waals surface area contributed by atoms with Crippen LogP contribution in [-0.2, 0) is 23.7 Å². The summed E-state index contributed by atoms with van der Waals surface area (Å²) in [7, 11) is 0. The second kappa shape index (κ2) is 9.70. The van der Waals surface area contributed by atoms with Gasteiger partial charge in [-0.2, -0.15) is 0 Å². The van der Waals surface area contributed by atoms with Crippen molar-refractivity contribution in [1.29, 1.82) is 0 Å². The number of fused-ring (bicyclic) bond motifs is 1. The molecule has 2 rings (SSSR count). The molecule has 6 nitrogen and oxygen atoms in total. The van der Waals surface area contributed by atoms with Crippen LogP contribution in [0.5, 0.6) is 0 Å². The van der Waals surface area contributed by atoms with Crippen molar-refractivity contribution in [2.24, 2.45) is 5.73 Å². The van der Waals surface area contributed by atoms with Crippen LogP contribution >= 0.6 is 0 Å². The maximum absolute atomic E-state index is 10.5. The van der Waals surface area contributed by atoms with Gasteiger partial charge in [0.2, 0.25) is 5.91 Å². The molecular formula is C18H35NO5. The molecule has 2 saturated heterocycles. The van der Waals surface area contributed by atoms with Crippen molar-refractivity contribution in [3.8, 4) is 0 Å². The van der Waals surface area contributed by atoms with E-state index in [1.165, 1.54) is 0 Å². The fourth-order valence-electron chi connectivity index (χ4n) is 2.53. The zero-order valence-corrected chi connectivity index (χ0v) is 15.9. The quantitative estimate of drug-likeness (QED) is 0.766. The highest BCUT2D eigenvalue weighted by Gasteiger charge is 2.33. The molecule has 0 saturated carbocycles. The number of hydrogen-bond acceptors (Lipinski definition) is 5. The van der Waals surface area contributed by atoms with Gasteiger partial charge in [0.25, 0.3) is 0 Å². The van der Waals surface area contributed by atoms with Crippen molar-refractivity contribution in [2.75, 3.05) is 26.4 Å². The first-order valence-electron chi connectivity index (χ1n) is 8.88. The first kappa shape index (κ1) is 21.4. The lowest BCUT2D eigenvalue weighted by Crippen LogP contribution is -2.30. The van der Waals surface area contributed by atoms with Crippen LogP contribution in [0.15, 0.2) is 0 Å². The minimum atomic E-state index is -0.332. The molecule has 0 unspecified atom stereocenters. The minimum Gasteiger partial charge on any atom is -0.376 e. The highest BCUT2D eigenvalue weighted by molar-refractivity contribution is 5.73. The van der Waals surface area contributed by atoms with Gasteiger partial charge in [0, 0.05) is 26.2 Å². The highest BCUT2D eigenvalue weighted by Crippen LogP contribution is 2.25. The topological polar surface area (TPSA) is 80.0 Å². The van der Waals surface area contributed by atoms with Crippen LogP contribution in [0.2, 0.25) is 0 Å². The Balaban J connectivity index is 0.000000292. The van der Waals surface area contributed by atoms with Gasteiger partial charge in [-0.15, -0.1) is 0 Å². The van der Waals surface area contributed by atoms with Gasteiger partial charge in [-0.25, -0.2) is 0 Å². The molecule has 2 aliphatic rings. The van der Waals surface area contributed by atoms with Crippen molar-refractivity contribution < 1.29 is 23.7 Å². The molecule has 0 spiro atoms. The summed E-state index contributed by atoms with van der Waals surface area (Å²) in [5.41, 5.74) is 4.64. The number of primary amides is 1. The number of nitrogens with two attached hydrogens (primary N) is 1. The average molecular weight is 345 g/mol. The SMILES string of the molecule is C1C[C@H]2OCC[C@H]2O1.CC(C)(C)OCCC(C)(C)OCCC(N)=O. The van der Waals surface area contributed by atoms with E-state index in [4.69, 9.17) is 24.7 Å². The summed E-state index contributed by atoms with van der Waals surface area (Å²) in [6.07, 6.45) is 4.20. The summed E-state index contributed by atoms with van der Waals surface area (Å²) in [6, 6.07) is 0. The van der Waals surface area contributed by atoms with E-state index in [1.807, 2.05) is 34.6 Å². The third-order valence-corrected chi connectivity index (χ3v) is 3.96. The minimum absolute atomic E-state index is 0.122. The molecule has 2 fully saturated rings. The van der Waals surface area contributed by atoms with E-state index in [1.54, 1.807) is 0 Å². The van der Waals surface area contributed by atoms with Crippen molar-refractivity contribution in [1.82, 2.24) is 0 Å². The lowest BCUT2D eigenvalue weighted by Gasteiger charge is -2.27. The first-order chi connectivity index (χ1) is 11.1.